The van der Waals surface area contributed by atoms with Gasteiger partial charge in [0.05, 0.1) is 37.6 Å². The molecule has 1 aliphatic heterocycles. The van der Waals surface area contributed by atoms with E-state index in [0.29, 0.717) is 35.8 Å². The second kappa shape index (κ2) is 8.73. The topological polar surface area (TPSA) is 81.9 Å². The van der Waals surface area contributed by atoms with Gasteiger partial charge in [-0.05, 0) is 49.6 Å². The molecule has 1 unspecified atom stereocenters. The highest BCUT2D eigenvalue weighted by molar-refractivity contribution is 5.95. The number of fused-ring (bicyclic) bond motifs is 1. The van der Waals surface area contributed by atoms with Crippen molar-refractivity contribution >= 4 is 22.9 Å². The molecule has 1 atom stereocenters. The summed E-state index contributed by atoms with van der Waals surface area (Å²) >= 11 is 0. The Labute approximate surface area is 180 Å². The molecule has 1 N–H and O–H groups in total. The smallest absolute Gasteiger partial charge is 0.339 e. The van der Waals surface area contributed by atoms with Crippen LogP contribution < -0.4 is 10.9 Å². The normalized spacial score (nSPS) is 14.7. The quantitative estimate of drug-likeness (QED) is 0.634. The molecule has 0 radical (unpaired) electrons. The summed E-state index contributed by atoms with van der Waals surface area (Å²) in [5, 5.41) is 3.39. The standard InChI is InChI=1S/C24H25N3O4/c1-15-12-19(16(2)25-20-7-5-4-6-18(20)24(29)30-3)23-26-21(13-22(28)27(23)14-15)17-8-10-31-11-9-17/h4-8,12-14,16,25H,9-11H2,1-3H3. The number of methoxy groups -OCH3 is 1. The molecule has 31 heavy (non-hydrogen) atoms. The minimum Gasteiger partial charge on any atom is -0.465 e. The third kappa shape index (κ3) is 4.22. The highest BCUT2D eigenvalue weighted by atomic mass is 16.5. The number of benzene rings is 1. The summed E-state index contributed by atoms with van der Waals surface area (Å²) in [6.07, 6.45) is 4.50. The van der Waals surface area contributed by atoms with E-state index in [1.165, 1.54) is 7.11 Å². The number of hydrogen-bond acceptors (Lipinski definition) is 6. The Hall–Kier alpha value is -3.45. The first-order chi connectivity index (χ1) is 15.0. The number of pyridine rings is 1. The largest absolute Gasteiger partial charge is 0.465 e. The SMILES string of the molecule is COC(=O)c1ccccc1NC(C)c1cc(C)cn2c(=O)cc(C3=CCOCC3)nc12. The number of hydrogen-bond donors (Lipinski definition) is 1. The van der Waals surface area contributed by atoms with Gasteiger partial charge in [-0.1, -0.05) is 18.2 Å². The van der Waals surface area contributed by atoms with Crippen LogP contribution >= 0.6 is 0 Å². The van der Waals surface area contributed by atoms with E-state index in [2.05, 4.69) is 5.32 Å². The van der Waals surface area contributed by atoms with Gasteiger partial charge in [-0.25, -0.2) is 9.78 Å². The Morgan fingerprint density at radius 3 is 2.84 bits per heavy atom. The summed E-state index contributed by atoms with van der Waals surface area (Å²) in [6, 6.07) is 10.6. The third-order valence-electron chi connectivity index (χ3n) is 5.39. The fraction of sp³-hybridized carbons (Fsp3) is 0.292. The summed E-state index contributed by atoms with van der Waals surface area (Å²) in [6.45, 7) is 5.07. The second-order valence-corrected chi connectivity index (χ2v) is 7.60. The van der Waals surface area contributed by atoms with E-state index in [9.17, 15) is 9.59 Å². The summed E-state index contributed by atoms with van der Waals surface area (Å²) < 4.78 is 11.9. The van der Waals surface area contributed by atoms with E-state index in [1.807, 2.05) is 38.1 Å². The lowest BCUT2D eigenvalue weighted by atomic mass is 10.0. The van der Waals surface area contributed by atoms with Gasteiger partial charge in [0.1, 0.15) is 5.65 Å². The molecule has 0 spiro atoms. The van der Waals surface area contributed by atoms with Crippen molar-refractivity contribution in [2.75, 3.05) is 25.6 Å². The molecular weight excluding hydrogens is 394 g/mol. The molecule has 1 aromatic carbocycles. The lowest BCUT2D eigenvalue weighted by molar-refractivity contribution is 0.0602. The summed E-state index contributed by atoms with van der Waals surface area (Å²) in [4.78, 5) is 29.9. The minimum absolute atomic E-state index is 0.125. The van der Waals surface area contributed by atoms with E-state index in [4.69, 9.17) is 14.5 Å². The van der Waals surface area contributed by atoms with Gasteiger partial charge in [0.25, 0.3) is 5.56 Å². The van der Waals surface area contributed by atoms with E-state index < -0.39 is 5.97 Å². The predicted octanol–water partition coefficient (Wildman–Crippen LogP) is 3.77. The molecule has 0 aliphatic carbocycles. The Balaban J connectivity index is 1.80. The van der Waals surface area contributed by atoms with Gasteiger partial charge in [-0.3, -0.25) is 9.20 Å². The van der Waals surface area contributed by atoms with Gasteiger partial charge in [0.15, 0.2) is 0 Å². The van der Waals surface area contributed by atoms with Crippen molar-refractivity contribution < 1.29 is 14.3 Å². The van der Waals surface area contributed by atoms with Crippen LogP contribution in [0.15, 0.2) is 53.5 Å². The third-order valence-corrected chi connectivity index (χ3v) is 5.39. The van der Waals surface area contributed by atoms with Crippen molar-refractivity contribution in [1.29, 1.82) is 0 Å². The number of rotatable bonds is 5. The Morgan fingerprint density at radius 1 is 1.29 bits per heavy atom. The lowest BCUT2D eigenvalue weighted by Gasteiger charge is -2.20. The fourth-order valence-corrected chi connectivity index (χ4v) is 3.82. The summed E-state index contributed by atoms with van der Waals surface area (Å²) in [5.41, 5.74) is 5.09. The highest BCUT2D eigenvalue weighted by Gasteiger charge is 2.18. The molecule has 0 fully saturated rings. The number of ether oxygens (including phenoxy) is 2. The number of nitrogens with zero attached hydrogens (tertiary/aromatic N) is 2. The van der Waals surface area contributed by atoms with Crippen molar-refractivity contribution in [1.82, 2.24) is 9.38 Å². The number of carbonyl (C=O) groups is 1. The molecule has 7 nitrogen and oxygen atoms in total. The molecular formula is C24H25N3O4. The molecule has 4 rings (SSSR count). The maximum Gasteiger partial charge on any atom is 0.339 e. The lowest BCUT2D eigenvalue weighted by Crippen LogP contribution is -2.20. The van der Waals surface area contributed by atoms with Crippen molar-refractivity contribution in [2.24, 2.45) is 0 Å². The van der Waals surface area contributed by atoms with E-state index in [0.717, 1.165) is 23.1 Å². The zero-order chi connectivity index (χ0) is 22.0. The second-order valence-electron chi connectivity index (χ2n) is 7.60. The molecule has 160 valence electrons. The molecule has 0 bridgehead atoms. The maximum atomic E-state index is 12.9. The first-order valence-electron chi connectivity index (χ1n) is 10.2. The molecule has 3 aromatic rings. The van der Waals surface area contributed by atoms with E-state index in [-0.39, 0.29) is 11.6 Å². The van der Waals surface area contributed by atoms with Crippen LogP contribution in [0.3, 0.4) is 0 Å². The number of nitrogens with one attached hydrogen (secondary N) is 1. The van der Waals surface area contributed by atoms with Crippen LogP contribution in [0.1, 0.15) is 46.6 Å². The molecule has 1 aliphatic rings. The predicted molar refractivity (Wildman–Crippen MR) is 119 cm³/mol. The number of aromatic nitrogens is 2. The molecule has 2 aromatic heterocycles. The van der Waals surface area contributed by atoms with Crippen molar-refractivity contribution in [3.05, 3.63) is 81.4 Å². The van der Waals surface area contributed by atoms with Crippen LogP contribution in [0.5, 0.6) is 0 Å². The minimum atomic E-state index is -0.410. The fourth-order valence-electron chi connectivity index (χ4n) is 3.82. The number of aryl methyl sites for hydroxylation is 1. The summed E-state index contributed by atoms with van der Waals surface area (Å²) in [5.74, 6) is -0.410. The first-order valence-corrected chi connectivity index (χ1v) is 10.2. The van der Waals surface area contributed by atoms with Gasteiger partial charge >= 0.3 is 5.97 Å². The maximum absolute atomic E-state index is 12.9. The Morgan fingerprint density at radius 2 is 2.10 bits per heavy atom. The Bertz CT molecular complexity index is 1230. The molecule has 0 saturated carbocycles. The zero-order valence-corrected chi connectivity index (χ0v) is 17.8. The Kier molecular flexibility index (Phi) is 5.86. The zero-order valence-electron chi connectivity index (χ0n) is 17.8. The number of anilines is 1. The first kappa shape index (κ1) is 20.8. The van der Waals surface area contributed by atoms with Crippen molar-refractivity contribution in [3.63, 3.8) is 0 Å². The summed E-state index contributed by atoms with van der Waals surface area (Å²) in [7, 11) is 1.36. The monoisotopic (exact) mass is 419 g/mol. The van der Waals surface area contributed by atoms with Crippen LogP contribution in [0, 0.1) is 6.92 Å². The van der Waals surface area contributed by atoms with Crippen LogP contribution in [0.25, 0.3) is 11.2 Å². The van der Waals surface area contributed by atoms with Gasteiger partial charge in [-0.15, -0.1) is 0 Å². The number of para-hydroxylation sites is 1. The number of esters is 1. The average molecular weight is 419 g/mol. The highest BCUT2D eigenvalue weighted by Crippen LogP contribution is 2.27. The average Bonchev–Trinajstić information content (AvgIpc) is 2.79. The van der Waals surface area contributed by atoms with Crippen LogP contribution in [0.4, 0.5) is 5.69 Å². The van der Waals surface area contributed by atoms with Gasteiger partial charge < -0.3 is 14.8 Å². The van der Waals surface area contributed by atoms with E-state index in [1.54, 1.807) is 28.8 Å². The molecule has 0 amide bonds. The van der Waals surface area contributed by atoms with Crippen molar-refractivity contribution in [2.45, 2.75) is 26.3 Å². The van der Waals surface area contributed by atoms with Gasteiger partial charge in [0.2, 0.25) is 0 Å². The van der Waals surface area contributed by atoms with E-state index >= 15 is 0 Å². The van der Waals surface area contributed by atoms with Gasteiger partial charge in [0, 0.05) is 23.5 Å². The number of carbonyl (C=O) groups excluding carboxylic acids is 1. The van der Waals surface area contributed by atoms with Crippen molar-refractivity contribution in [3.8, 4) is 0 Å². The van der Waals surface area contributed by atoms with Crippen LogP contribution in [-0.2, 0) is 9.47 Å². The van der Waals surface area contributed by atoms with Crippen LogP contribution in [0.2, 0.25) is 0 Å². The molecule has 3 heterocycles. The van der Waals surface area contributed by atoms with Crippen LogP contribution in [-0.4, -0.2) is 35.7 Å². The van der Waals surface area contributed by atoms with Gasteiger partial charge in [-0.2, -0.15) is 0 Å². The molecule has 7 heteroatoms. The molecule has 0 saturated heterocycles.